The summed E-state index contributed by atoms with van der Waals surface area (Å²) in [4.78, 5) is 1.87. The fourth-order valence-electron chi connectivity index (χ4n) is 2.59. The Kier molecular flexibility index (Phi) is 2.67. The van der Waals surface area contributed by atoms with Crippen molar-refractivity contribution in [2.24, 2.45) is 0 Å². The molecule has 1 N–H and O–H groups in total. The summed E-state index contributed by atoms with van der Waals surface area (Å²) in [5, 5.41) is 8.52. The predicted molar refractivity (Wildman–Crippen MR) is 75.2 cm³/mol. The summed E-state index contributed by atoms with van der Waals surface area (Å²) in [6.45, 7) is 2.00. The molecule has 2 saturated heterocycles. The number of rotatable bonds is 1. The van der Waals surface area contributed by atoms with Gasteiger partial charge >= 0.3 is 0 Å². The molecule has 18 heavy (non-hydrogen) atoms. The van der Waals surface area contributed by atoms with Gasteiger partial charge in [-0.3, -0.25) is 5.41 Å². The number of thioether (sulfide) groups is 1. The second-order valence-corrected chi connectivity index (χ2v) is 8.20. The zero-order valence-corrected chi connectivity index (χ0v) is 11.6. The van der Waals surface area contributed by atoms with Crippen molar-refractivity contribution in [1.82, 2.24) is 0 Å². The average Bonchev–Trinajstić information content (AvgIpc) is 2.68. The predicted octanol–water partition coefficient (Wildman–Crippen LogP) is 1.65. The molecule has 1 aromatic carbocycles. The van der Waals surface area contributed by atoms with Gasteiger partial charge in [0.2, 0.25) is 0 Å². The SMILES string of the molecule is Cc1cccc(N2C(=N)S[C@H]3CS(=O)(=O)C[C@H]32)c1. The van der Waals surface area contributed by atoms with Gasteiger partial charge in [-0.2, -0.15) is 0 Å². The molecule has 3 rings (SSSR count). The molecule has 0 saturated carbocycles. The van der Waals surface area contributed by atoms with Crippen LogP contribution in [0.25, 0.3) is 0 Å². The van der Waals surface area contributed by atoms with Gasteiger partial charge in [0.05, 0.1) is 17.5 Å². The summed E-state index contributed by atoms with van der Waals surface area (Å²) in [6, 6.07) is 7.81. The Balaban J connectivity index is 1.99. The zero-order valence-electron chi connectivity index (χ0n) is 9.96. The number of aryl methyl sites for hydroxylation is 1. The summed E-state index contributed by atoms with van der Waals surface area (Å²) in [7, 11) is -2.94. The quantitative estimate of drug-likeness (QED) is 0.851. The third kappa shape index (κ3) is 1.93. The van der Waals surface area contributed by atoms with Crippen LogP contribution in [-0.2, 0) is 9.84 Å². The summed E-state index contributed by atoms with van der Waals surface area (Å²) in [5.41, 5.74) is 2.05. The minimum Gasteiger partial charge on any atom is -0.316 e. The minimum atomic E-state index is -2.94. The van der Waals surface area contributed by atoms with E-state index in [1.807, 2.05) is 36.1 Å². The molecule has 2 aliphatic heterocycles. The topological polar surface area (TPSA) is 61.2 Å². The lowest BCUT2D eigenvalue weighted by atomic mass is 10.1. The number of hydrogen-bond acceptors (Lipinski definition) is 4. The van der Waals surface area contributed by atoms with Crippen molar-refractivity contribution in [2.45, 2.75) is 18.2 Å². The molecule has 0 bridgehead atoms. The van der Waals surface area contributed by atoms with E-state index in [2.05, 4.69) is 0 Å². The highest BCUT2D eigenvalue weighted by atomic mass is 32.2. The maximum absolute atomic E-state index is 11.7. The van der Waals surface area contributed by atoms with Gasteiger partial charge in [-0.15, -0.1) is 0 Å². The van der Waals surface area contributed by atoms with Crippen molar-refractivity contribution in [3.05, 3.63) is 29.8 Å². The van der Waals surface area contributed by atoms with Gasteiger partial charge in [-0.25, -0.2) is 8.42 Å². The van der Waals surface area contributed by atoms with Crippen molar-refractivity contribution in [3.8, 4) is 0 Å². The van der Waals surface area contributed by atoms with Gasteiger partial charge in [-0.1, -0.05) is 23.9 Å². The lowest BCUT2D eigenvalue weighted by Crippen LogP contribution is -2.37. The van der Waals surface area contributed by atoms with Crippen LogP contribution >= 0.6 is 11.8 Å². The number of sulfone groups is 1. The van der Waals surface area contributed by atoms with E-state index in [9.17, 15) is 8.42 Å². The molecule has 96 valence electrons. The fraction of sp³-hybridized carbons (Fsp3) is 0.417. The number of hydrogen-bond donors (Lipinski definition) is 1. The summed E-state index contributed by atoms with van der Waals surface area (Å²) in [6.07, 6.45) is 0. The van der Waals surface area contributed by atoms with Gasteiger partial charge in [-0.05, 0) is 24.6 Å². The van der Waals surface area contributed by atoms with Crippen LogP contribution in [0.4, 0.5) is 5.69 Å². The lowest BCUT2D eigenvalue weighted by molar-refractivity contribution is 0.601. The van der Waals surface area contributed by atoms with Crippen LogP contribution in [0.3, 0.4) is 0 Å². The molecule has 0 aliphatic carbocycles. The largest absolute Gasteiger partial charge is 0.316 e. The van der Waals surface area contributed by atoms with Crippen LogP contribution < -0.4 is 4.90 Å². The van der Waals surface area contributed by atoms with Crippen molar-refractivity contribution in [3.63, 3.8) is 0 Å². The molecule has 0 spiro atoms. The molecular formula is C12H14N2O2S2. The molecule has 0 radical (unpaired) electrons. The Morgan fingerprint density at radius 1 is 1.39 bits per heavy atom. The second-order valence-electron chi connectivity index (χ2n) is 4.81. The van der Waals surface area contributed by atoms with Crippen LogP contribution in [0.1, 0.15) is 5.56 Å². The van der Waals surface area contributed by atoms with Crippen molar-refractivity contribution in [1.29, 1.82) is 5.41 Å². The second kappa shape index (κ2) is 3.99. The molecule has 0 unspecified atom stereocenters. The molecule has 0 amide bonds. The number of nitrogens with zero attached hydrogens (tertiary/aromatic N) is 1. The third-order valence-corrected chi connectivity index (χ3v) is 6.50. The van der Waals surface area contributed by atoms with Crippen molar-refractivity contribution < 1.29 is 8.42 Å². The minimum absolute atomic E-state index is 0.0167. The summed E-state index contributed by atoms with van der Waals surface area (Å²) in [5.74, 6) is 0.369. The highest BCUT2D eigenvalue weighted by Crippen LogP contribution is 2.40. The van der Waals surface area contributed by atoms with E-state index in [-0.39, 0.29) is 22.8 Å². The molecule has 2 aliphatic rings. The average molecular weight is 282 g/mol. The maximum Gasteiger partial charge on any atom is 0.161 e. The summed E-state index contributed by atoms with van der Waals surface area (Å²) >= 11 is 1.38. The maximum atomic E-state index is 11.7. The van der Waals surface area contributed by atoms with Gasteiger partial charge in [0.15, 0.2) is 15.0 Å². The first-order valence-electron chi connectivity index (χ1n) is 5.78. The molecule has 2 fully saturated rings. The molecule has 2 heterocycles. The Bertz CT molecular complexity index is 612. The van der Waals surface area contributed by atoms with Gasteiger partial charge < -0.3 is 4.90 Å². The monoisotopic (exact) mass is 282 g/mol. The number of amidine groups is 1. The molecule has 1 aromatic rings. The van der Waals surface area contributed by atoms with Crippen LogP contribution in [0, 0.1) is 12.3 Å². The van der Waals surface area contributed by atoms with Gasteiger partial charge in [0.25, 0.3) is 0 Å². The standard InChI is InChI=1S/C12H14N2O2S2/c1-8-3-2-4-9(5-8)14-10-6-18(15,16)7-11(10)17-12(14)13/h2-5,10-11,13H,6-7H2,1H3/t10-,11+/m1/s1. The Morgan fingerprint density at radius 3 is 2.89 bits per heavy atom. The van der Waals surface area contributed by atoms with Crippen LogP contribution in [0.15, 0.2) is 24.3 Å². The van der Waals surface area contributed by atoms with E-state index in [1.54, 1.807) is 0 Å². The van der Waals surface area contributed by atoms with E-state index >= 15 is 0 Å². The number of fused-ring (bicyclic) bond motifs is 1. The Labute approximate surface area is 111 Å². The van der Waals surface area contributed by atoms with Crippen LogP contribution in [0.5, 0.6) is 0 Å². The number of nitrogens with one attached hydrogen (secondary N) is 1. The first kappa shape index (κ1) is 12.0. The van der Waals surface area contributed by atoms with Crippen molar-refractivity contribution >= 4 is 32.5 Å². The first-order chi connectivity index (χ1) is 8.46. The third-order valence-electron chi connectivity index (χ3n) is 3.37. The number of anilines is 1. The normalized spacial score (nSPS) is 29.6. The molecule has 4 nitrogen and oxygen atoms in total. The van der Waals surface area contributed by atoms with E-state index < -0.39 is 9.84 Å². The van der Waals surface area contributed by atoms with Crippen LogP contribution in [0.2, 0.25) is 0 Å². The summed E-state index contributed by atoms with van der Waals surface area (Å²) < 4.78 is 23.4. The highest BCUT2D eigenvalue weighted by molar-refractivity contribution is 8.15. The Hall–Kier alpha value is -1.01. The number of benzene rings is 1. The molecular weight excluding hydrogens is 268 g/mol. The van der Waals surface area contributed by atoms with E-state index in [0.717, 1.165) is 11.3 Å². The highest BCUT2D eigenvalue weighted by Gasteiger charge is 2.48. The fourth-order valence-corrected chi connectivity index (χ4v) is 6.38. The van der Waals surface area contributed by atoms with Crippen LogP contribution in [-0.4, -0.2) is 36.4 Å². The van der Waals surface area contributed by atoms with Gasteiger partial charge in [0, 0.05) is 10.9 Å². The first-order valence-corrected chi connectivity index (χ1v) is 8.48. The molecule has 0 aromatic heterocycles. The van der Waals surface area contributed by atoms with E-state index in [0.29, 0.717) is 5.17 Å². The molecule has 6 heteroatoms. The van der Waals surface area contributed by atoms with E-state index in [1.165, 1.54) is 11.8 Å². The Morgan fingerprint density at radius 2 is 2.17 bits per heavy atom. The van der Waals surface area contributed by atoms with Crippen molar-refractivity contribution in [2.75, 3.05) is 16.4 Å². The lowest BCUT2D eigenvalue weighted by Gasteiger charge is -2.24. The van der Waals surface area contributed by atoms with Gasteiger partial charge in [0.1, 0.15) is 0 Å². The van der Waals surface area contributed by atoms with E-state index in [4.69, 9.17) is 5.41 Å². The smallest absolute Gasteiger partial charge is 0.161 e. The zero-order chi connectivity index (χ0) is 12.9. The molecule has 2 atom stereocenters.